The van der Waals surface area contributed by atoms with E-state index < -0.39 is 0 Å². The van der Waals surface area contributed by atoms with Crippen LogP contribution in [0.5, 0.6) is 0 Å². The van der Waals surface area contributed by atoms with E-state index in [0.29, 0.717) is 0 Å². The number of hydrogen-bond donors (Lipinski definition) is 1. The van der Waals surface area contributed by atoms with Gasteiger partial charge in [-0.2, -0.15) is 0 Å². The molecule has 0 spiro atoms. The van der Waals surface area contributed by atoms with Crippen LogP contribution in [-0.2, 0) is 0 Å². The first kappa shape index (κ1) is 15.2. The molecule has 4 heteroatoms. The lowest BCUT2D eigenvalue weighted by molar-refractivity contribution is 0.130. The molecule has 1 fully saturated rings. The number of nitrogens with zero attached hydrogens (tertiary/aromatic N) is 2. The maximum atomic E-state index is 12.9. The lowest BCUT2D eigenvalue weighted by atomic mass is 9.79. The Morgan fingerprint density at radius 3 is 2.45 bits per heavy atom. The van der Waals surface area contributed by atoms with Gasteiger partial charge in [0.25, 0.3) is 5.56 Å². The summed E-state index contributed by atoms with van der Waals surface area (Å²) in [5.74, 6) is 0. The number of nitrogens with one attached hydrogen (secondary N) is 1. The molecule has 1 aromatic heterocycles. The third-order valence-electron chi connectivity index (χ3n) is 4.58. The average molecular weight is 299 g/mol. The summed E-state index contributed by atoms with van der Waals surface area (Å²) in [5, 5.41) is 4.38. The highest BCUT2D eigenvalue weighted by Crippen LogP contribution is 2.35. The third-order valence-corrected chi connectivity index (χ3v) is 4.58. The molecule has 0 bridgehead atoms. The molecule has 0 radical (unpaired) electrons. The van der Waals surface area contributed by atoms with Gasteiger partial charge >= 0.3 is 0 Å². The molecule has 0 unspecified atom stereocenters. The zero-order valence-corrected chi connectivity index (χ0v) is 14.1. The van der Waals surface area contributed by atoms with Crippen LogP contribution in [0.15, 0.2) is 29.3 Å². The van der Waals surface area contributed by atoms with Gasteiger partial charge in [-0.25, -0.2) is 4.98 Å². The van der Waals surface area contributed by atoms with Crippen LogP contribution in [0, 0.1) is 6.92 Å². The van der Waals surface area contributed by atoms with E-state index in [1.807, 2.05) is 29.7 Å². The first-order chi connectivity index (χ1) is 10.2. The van der Waals surface area contributed by atoms with Gasteiger partial charge in [-0.05, 0) is 59.1 Å². The highest BCUT2D eigenvalue weighted by atomic mass is 16.1. The Bertz CT molecular complexity index is 757. The summed E-state index contributed by atoms with van der Waals surface area (Å²) in [6, 6.07) is 5.99. The predicted octanol–water partition coefficient (Wildman–Crippen LogP) is 3.19. The van der Waals surface area contributed by atoms with Crippen molar-refractivity contribution in [2.24, 2.45) is 0 Å². The van der Waals surface area contributed by atoms with Gasteiger partial charge in [0, 0.05) is 17.1 Å². The standard InChI is InChI=1S/C18H25N3O/c1-12-7-6-8-14-15(12)19-11-21(16(14)22)13-9-17(2,3)20-18(4,5)10-13/h6-8,11,13,20H,9-10H2,1-5H3. The van der Waals surface area contributed by atoms with Crippen LogP contribution in [0.1, 0.15) is 52.1 Å². The maximum Gasteiger partial charge on any atom is 0.261 e. The van der Waals surface area contributed by atoms with Crippen molar-refractivity contribution in [1.82, 2.24) is 14.9 Å². The van der Waals surface area contributed by atoms with Gasteiger partial charge in [0.05, 0.1) is 17.2 Å². The molecule has 1 aromatic carbocycles. The molecule has 3 rings (SSSR count). The largest absolute Gasteiger partial charge is 0.307 e. The van der Waals surface area contributed by atoms with Gasteiger partial charge in [-0.1, -0.05) is 12.1 Å². The molecular weight excluding hydrogens is 274 g/mol. The van der Waals surface area contributed by atoms with Gasteiger partial charge < -0.3 is 5.32 Å². The fourth-order valence-electron chi connectivity index (χ4n) is 4.04. The number of aromatic nitrogens is 2. The van der Waals surface area contributed by atoms with Crippen molar-refractivity contribution in [2.45, 2.75) is 64.6 Å². The quantitative estimate of drug-likeness (QED) is 0.879. The molecule has 2 aromatic rings. The number of fused-ring (bicyclic) bond motifs is 1. The van der Waals surface area contributed by atoms with E-state index in [0.717, 1.165) is 29.3 Å². The number of rotatable bonds is 1. The normalized spacial score (nSPS) is 21.1. The van der Waals surface area contributed by atoms with Gasteiger partial charge in [0.15, 0.2) is 0 Å². The minimum atomic E-state index is 0.00736. The van der Waals surface area contributed by atoms with Crippen LogP contribution in [0.4, 0.5) is 0 Å². The van der Waals surface area contributed by atoms with Crippen LogP contribution < -0.4 is 10.9 Å². The number of hydrogen-bond acceptors (Lipinski definition) is 3. The highest BCUT2D eigenvalue weighted by Gasteiger charge is 2.38. The summed E-state index contributed by atoms with van der Waals surface area (Å²) in [6.45, 7) is 10.8. The van der Waals surface area contributed by atoms with Crippen molar-refractivity contribution < 1.29 is 0 Å². The van der Waals surface area contributed by atoms with E-state index in [1.54, 1.807) is 6.33 Å². The number of para-hydroxylation sites is 1. The summed E-state index contributed by atoms with van der Waals surface area (Å²) in [4.78, 5) is 17.5. The van der Waals surface area contributed by atoms with Crippen molar-refractivity contribution >= 4 is 10.9 Å². The van der Waals surface area contributed by atoms with E-state index in [1.165, 1.54) is 0 Å². The maximum absolute atomic E-state index is 12.9. The minimum absolute atomic E-state index is 0.00736. The second-order valence-corrected chi connectivity index (χ2v) is 7.88. The van der Waals surface area contributed by atoms with E-state index in [-0.39, 0.29) is 22.7 Å². The highest BCUT2D eigenvalue weighted by molar-refractivity contribution is 5.80. The summed E-state index contributed by atoms with van der Waals surface area (Å²) in [7, 11) is 0. The molecule has 0 atom stereocenters. The number of piperidine rings is 1. The van der Waals surface area contributed by atoms with Crippen LogP contribution in [0.25, 0.3) is 10.9 Å². The SMILES string of the molecule is Cc1cccc2c(=O)n(C3CC(C)(C)NC(C)(C)C3)cnc12. The van der Waals surface area contributed by atoms with Crippen LogP contribution in [0.3, 0.4) is 0 Å². The van der Waals surface area contributed by atoms with E-state index >= 15 is 0 Å². The topological polar surface area (TPSA) is 46.9 Å². The van der Waals surface area contributed by atoms with Crippen molar-refractivity contribution in [3.8, 4) is 0 Å². The van der Waals surface area contributed by atoms with E-state index in [4.69, 9.17) is 0 Å². The molecule has 1 aliphatic heterocycles. The van der Waals surface area contributed by atoms with Gasteiger partial charge in [0.1, 0.15) is 0 Å². The second-order valence-electron chi connectivity index (χ2n) is 7.88. The zero-order chi connectivity index (χ0) is 16.1. The van der Waals surface area contributed by atoms with Gasteiger partial charge in [-0.15, -0.1) is 0 Å². The molecule has 1 saturated heterocycles. The molecule has 0 amide bonds. The van der Waals surface area contributed by atoms with Crippen molar-refractivity contribution in [3.63, 3.8) is 0 Å². The molecule has 1 aliphatic rings. The molecule has 0 saturated carbocycles. The lowest BCUT2D eigenvalue weighted by Crippen LogP contribution is -2.58. The number of benzene rings is 1. The summed E-state index contributed by atoms with van der Waals surface area (Å²) in [5.41, 5.74) is 1.96. The molecule has 1 N–H and O–H groups in total. The Hall–Kier alpha value is -1.68. The monoisotopic (exact) mass is 299 g/mol. The molecule has 118 valence electrons. The van der Waals surface area contributed by atoms with Gasteiger partial charge in [-0.3, -0.25) is 9.36 Å². The second kappa shape index (κ2) is 4.92. The minimum Gasteiger partial charge on any atom is -0.307 e. The first-order valence-corrected chi connectivity index (χ1v) is 7.94. The predicted molar refractivity (Wildman–Crippen MR) is 90.3 cm³/mol. The molecular formula is C18H25N3O. The van der Waals surface area contributed by atoms with E-state index in [2.05, 4.69) is 38.0 Å². The van der Waals surface area contributed by atoms with Crippen molar-refractivity contribution in [1.29, 1.82) is 0 Å². The molecule has 22 heavy (non-hydrogen) atoms. The zero-order valence-electron chi connectivity index (χ0n) is 14.1. The third kappa shape index (κ3) is 2.68. The van der Waals surface area contributed by atoms with Crippen LogP contribution in [-0.4, -0.2) is 20.6 Å². The van der Waals surface area contributed by atoms with Gasteiger partial charge in [0.2, 0.25) is 0 Å². The Labute approximate surface area is 131 Å². The Morgan fingerprint density at radius 2 is 1.82 bits per heavy atom. The molecule has 0 aliphatic carbocycles. The molecule has 4 nitrogen and oxygen atoms in total. The summed E-state index contributed by atoms with van der Waals surface area (Å²) in [6.07, 6.45) is 3.59. The molecule has 2 heterocycles. The first-order valence-electron chi connectivity index (χ1n) is 7.94. The van der Waals surface area contributed by atoms with E-state index in [9.17, 15) is 4.79 Å². The smallest absolute Gasteiger partial charge is 0.261 e. The summed E-state index contributed by atoms with van der Waals surface area (Å²) < 4.78 is 1.84. The summed E-state index contributed by atoms with van der Waals surface area (Å²) >= 11 is 0. The van der Waals surface area contributed by atoms with Crippen LogP contribution >= 0.6 is 0 Å². The lowest BCUT2D eigenvalue weighted by Gasteiger charge is -2.46. The van der Waals surface area contributed by atoms with Crippen molar-refractivity contribution in [2.75, 3.05) is 0 Å². The Morgan fingerprint density at radius 1 is 1.18 bits per heavy atom. The fraction of sp³-hybridized carbons (Fsp3) is 0.556. The fourth-order valence-corrected chi connectivity index (χ4v) is 4.04. The Kier molecular flexibility index (Phi) is 3.40. The average Bonchev–Trinajstić information content (AvgIpc) is 2.36. The van der Waals surface area contributed by atoms with Crippen molar-refractivity contribution in [3.05, 3.63) is 40.4 Å². The number of aryl methyl sites for hydroxylation is 1. The Balaban J connectivity index is 2.11. The van der Waals surface area contributed by atoms with Crippen LogP contribution in [0.2, 0.25) is 0 Å².